The minimum absolute atomic E-state index is 0.134. The van der Waals surface area contributed by atoms with E-state index >= 15 is 0 Å². The van der Waals surface area contributed by atoms with Crippen LogP contribution in [0, 0.1) is 12.8 Å². The molecule has 1 amide bonds. The molecule has 0 saturated carbocycles. The molecule has 6 heteroatoms. The molecule has 2 aromatic rings. The lowest BCUT2D eigenvalue weighted by atomic mass is 9.93. The second-order valence-electron chi connectivity index (χ2n) is 7.62. The summed E-state index contributed by atoms with van der Waals surface area (Å²) in [6, 6.07) is 1.98. The van der Waals surface area contributed by atoms with Gasteiger partial charge in [-0.15, -0.1) is 0 Å². The van der Waals surface area contributed by atoms with E-state index in [-0.39, 0.29) is 5.91 Å². The lowest BCUT2D eigenvalue weighted by molar-refractivity contribution is 0.0672. The Labute approximate surface area is 156 Å². The van der Waals surface area contributed by atoms with Gasteiger partial charge < -0.3 is 9.47 Å². The monoisotopic (exact) mass is 357 g/mol. The molecular weight excluding hydrogens is 326 g/mol. The van der Waals surface area contributed by atoms with Crippen LogP contribution < -0.4 is 0 Å². The summed E-state index contributed by atoms with van der Waals surface area (Å²) >= 11 is 0. The standard InChI is InChI=1S/C20H31N5O/c1-5-25-19(14-18(22-25)15(2)3)20(26)24-11-7-17(8-12-24)6-10-23-13-9-21-16(23)4/h9,13-15,17H,5-8,10-12H2,1-4H3. The molecule has 142 valence electrons. The maximum Gasteiger partial charge on any atom is 0.272 e. The van der Waals surface area contributed by atoms with Crippen LogP contribution in [0.25, 0.3) is 0 Å². The predicted molar refractivity (Wildman–Crippen MR) is 102 cm³/mol. The summed E-state index contributed by atoms with van der Waals surface area (Å²) in [6.07, 6.45) is 7.22. The van der Waals surface area contributed by atoms with E-state index in [0.717, 1.165) is 62.7 Å². The second-order valence-corrected chi connectivity index (χ2v) is 7.62. The van der Waals surface area contributed by atoms with Crippen LogP contribution in [-0.2, 0) is 13.1 Å². The van der Waals surface area contributed by atoms with Crippen LogP contribution >= 0.6 is 0 Å². The molecule has 0 spiro atoms. The van der Waals surface area contributed by atoms with E-state index < -0.39 is 0 Å². The lowest BCUT2D eigenvalue weighted by Crippen LogP contribution is -2.39. The fourth-order valence-corrected chi connectivity index (χ4v) is 3.68. The molecule has 1 aliphatic rings. The second kappa shape index (κ2) is 8.06. The molecule has 26 heavy (non-hydrogen) atoms. The smallest absolute Gasteiger partial charge is 0.272 e. The molecule has 0 atom stereocenters. The third-order valence-electron chi connectivity index (χ3n) is 5.51. The van der Waals surface area contributed by atoms with Gasteiger partial charge in [0.1, 0.15) is 11.5 Å². The normalized spacial score (nSPS) is 15.8. The molecule has 0 N–H and O–H groups in total. The number of amides is 1. The van der Waals surface area contributed by atoms with E-state index in [1.807, 2.05) is 41.9 Å². The van der Waals surface area contributed by atoms with Crippen molar-refractivity contribution in [3.8, 4) is 0 Å². The van der Waals surface area contributed by atoms with Crippen LogP contribution in [0.4, 0.5) is 0 Å². The first-order valence-corrected chi connectivity index (χ1v) is 9.84. The van der Waals surface area contributed by atoms with Gasteiger partial charge in [-0.25, -0.2) is 4.98 Å². The van der Waals surface area contributed by atoms with Crippen molar-refractivity contribution in [1.29, 1.82) is 0 Å². The Balaban J connectivity index is 1.56. The molecule has 3 rings (SSSR count). The zero-order chi connectivity index (χ0) is 18.7. The summed E-state index contributed by atoms with van der Waals surface area (Å²) in [5.41, 5.74) is 1.74. The van der Waals surface area contributed by atoms with Gasteiger partial charge in [0.2, 0.25) is 0 Å². The number of carbonyl (C=O) groups excluding carboxylic acids is 1. The van der Waals surface area contributed by atoms with Gasteiger partial charge in [-0.3, -0.25) is 9.48 Å². The van der Waals surface area contributed by atoms with Gasteiger partial charge in [0.15, 0.2) is 0 Å². The highest BCUT2D eigenvalue weighted by Gasteiger charge is 2.26. The molecule has 3 heterocycles. The van der Waals surface area contributed by atoms with E-state index in [4.69, 9.17) is 0 Å². The number of rotatable bonds is 6. The third kappa shape index (κ3) is 4.00. The van der Waals surface area contributed by atoms with E-state index in [1.54, 1.807) is 0 Å². The van der Waals surface area contributed by atoms with Crippen molar-refractivity contribution >= 4 is 5.91 Å². The van der Waals surface area contributed by atoms with Crippen molar-refractivity contribution < 1.29 is 4.79 Å². The van der Waals surface area contributed by atoms with Crippen LogP contribution in [0.3, 0.4) is 0 Å². The van der Waals surface area contributed by atoms with Gasteiger partial charge in [-0.2, -0.15) is 5.10 Å². The van der Waals surface area contributed by atoms with Crippen molar-refractivity contribution in [2.75, 3.05) is 13.1 Å². The minimum Gasteiger partial charge on any atom is -0.337 e. The first-order valence-electron chi connectivity index (χ1n) is 9.84. The predicted octanol–water partition coefficient (Wildman–Crippen LogP) is 3.47. The van der Waals surface area contributed by atoms with Crippen molar-refractivity contribution in [2.45, 2.75) is 66.0 Å². The average Bonchev–Trinajstić information content (AvgIpc) is 3.26. The van der Waals surface area contributed by atoms with Crippen molar-refractivity contribution in [1.82, 2.24) is 24.2 Å². The molecule has 1 saturated heterocycles. The van der Waals surface area contributed by atoms with Gasteiger partial charge in [0.05, 0.1) is 5.69 Å². The maximum atomic E-state index is 13.0. The molecule has 1 aliphatic heterocycles. The Kier molecular flexibility index (Phi) is 5.79. The minimum atomic E-state index is 0.134. The molecule has 6 nitrogen and oxygen atoms in total. The highest BCUT2D eigenvalue weighted by Crippen LogP contribution is 2.24. The largest absolute Gasteiger partial charge is 0.337 e. The molecule has 0 unspecified atom stereocenters. The molecule has 0 aliphatic carbocycles. The van der Waals surface area contributed by atoms with E-state index in [9.17, 15) is 4.79 Å². The Hall–Kier alpha value is -2.11. The molecule has 0 radical (unpaired) electrons. The third-order valence-corrected chi connectivity index (χ3v) is 5.51. The molecule has 0 aromatic carbocycles. The average molecular weight is 358 g/mol. The fraction of sp³-hybridized carbons (Fsp3) is 0.650. The lowest BCUT2D eigenvalue weighted by Gasteiger charge is -2.32. The summed E-state index contributed by atoms with van der Waals surface area (Å²) in [5, 5.41) is 4.59. The first-order chi connectivity index (χ1) is 12.5. The van der Waals surface area contributed by atoms with Crippen LogP contribution in [0.2, 0.25) is 0 Å². The van der Waals surface area contributed by atoms with Crippen molar-refractivity contribution in [3.63, 3.8) is 0 Å². The van der Waals surface area contributed by atoms with Crippen LogP contribution in [0.1, 0.15) is 68.0 Å². The number of likely N-dealkylation sites (tertiary alicyclic amines) is 1. The van der Waals surface area contributed by atoms with Crippen molar-refractivity contribution in [3.05, 3.63) is 35.7 Å². The molecule has 1 fully saturated rings. The number of hydrogen-bond acceptors (Lipinski definition) is 3. The highest BCUT2D eigenvalue weighted by molar-refractivity contribution is 5.92. The number of aromatic nitrogens is 4. The molecular formula is C20H31N5O. The highest BCUT2D eigenvalue weighted by atomic mass is 16.2. The number of hydrogen-bond donors (Lipinski definition) is 0. The number of imidazole rings is 1. The van der Waals surface area contributed by atoms with E-state index in [0.29, 0.717) is 11.8 Å². The Bertz CT molecular complexity index is 737. The Morgan fingerprint density at radius 3 is 2.62 bits per heavy atom. The van der Waals surface area contributed by atoms with Crippen molar-refractivity contribution in [2.24, 2.45) is 5.92 Å². The van der Waals surface area contributed by atoms with E-state index in [1.165, 1.54) is 0 Å². The van der Waals surface area contributed by atoms with Gasteiger partial charge in [-0.1, -0.05) is 13.8 Å². The van der Waals surface area contributed by atoms with Crippen LogP contribution in [0.5, 0.6) is 0 Å². The molecule has 2 aromatic heterocycles. The SMILES string of the molecule is CCn1nc(C(C)C)cc1C(=O)N1CCC(CCn2ccnc2C)CC1. The zero-order valence-electron chi connectivity index (χ0n) is 16.5. The van der Waals surface area contributed by atoms with E-state index in [2.05, 4.69) is 28.5 Å². The quantitative estimate of drug-likeness (QED) is 0.795. The zero-order valence-corrected chi connectivity index (χ0v) is 16.5. The fourth-order valence-electron chi connectivity index (χ4n) is 3.68. The summed E-state index contributed by atoms with van der Waals surface area (Å²) < 4.78 is 4.07. The maximum absolute atomic E-state index is 13.0. The Morgan fingerprint density at radius 2 is 2.04 bits per heavy atom. The summed E-state index contributed by atoms with van der Waals surface area (Å²) in [5.74, 6) is 2.23. The number of nitrogens with zero attached hydrogens (tertiary/aromatic N) is 5. The number of piperidine rings is 1. The van der Waals surface area contributed by atoms with Gasteiger partial charge in [-0.05, 0) is 51.0 Å². The number of carbonyl (C=O) groups is 1. The van der Waals surface area contributed by atoms with Crippen LogP contribution in [0.15, 0.2) is 18.5 Å². The topological polar surface area (TPSA) is 56.0 Å². The van der Waals surface area contributed by atoms with Gasteiger partial charge in [0, 0.05) is 38.6 Å². The molecule has 0 bridgehead atoms. The Morgan fingerprint density at radius 1 is 1.31 bits per heavy atom. The summed E-state index contributed by atoms with van der Waals surface area (Å²) in [7, 11) is 0. The van der Waals surface area contributed by atoms with Gasteiger partial charge >= 0.3 is 0 Å². The van der Waals surface area contributed by atoms with Crippen LogP contribution in [-0.4, -0.2) is 43.2 Å². The number of aryl methyl sites for hydroxylation is 3. The van der Waals surface area contributed by atoms with Gasteiger partial charge in [0.25, 0.3) is 5.91 Å². The summed E-state index contributed by atoms with van der Waals surface area (Å²) in [6.45, 7) is 11.8. The first kappa shape index (κ1) is 18.7. The summed E-state index contributed by atoms with van der Waals surface area (Å²) in [4.78, 5) is 19.3.